The first-order valence-electron chi connectivity index (χ1n) is 5.45. The third kappa shape index (κ3) is 2.86. The Hall–Kier alpha value is -2.05. The molecule has 0 radical (unpaired) electrons. The molecule has 0 fully saturated rings. The zero-order valence-electron chi connectivity index (χ0n) is 10.5. The van der Waals surface area contributed by atoms with Crippen LogP contribution in [0.15, 0.2) is 24.5 Å². The lowest BCUT2D eigenvalue weighted by Crippen LogP contribution is -2.11. The topological polar surface area (TPSA) is 82.3 Å². The average molecular weight is 281 g/mol. The fourth-order valence-electron chi connectivity index (χ4n) is 1.51. The molecule has 0 saturated heterocycles. The van der Waals surface area contributed by atoms with Crippen LogP contribution in [-0.4, -0.2) is 17.1 Å². The molecule has 1 aromatic heterocycles. The van der Waals surface area contributed by atoms with Crippen LogP contribution in [-0.2, 0) is 0 Å². The third-order valence-electron chi connectivity index (χ3n) is 2.47. The minimum absolute atomic E-state index is 0.260. The molecule has 3 N–H and O–H groups in total. The molecular formula is C12H13ClN4O2. The van der Waals surface area contributed by atoms with Gasteiger partial charge in [0.2, 0.25) is 5.75 Å². The summed E-state index contributed by atoms with van der Waals surface area (Å²) in [5.74, 6) is 6.86. The molecule has 0 aliphatic carbocycles. The molecule has 100 valence electrons. The summed E-state index contributed by atoms with van der Waals surface area (Å²) in [7, 11) is 1.48. The second-order valence-corrected chi connectivity index (χ2v) is 4.15. The molecule has 7 heteroatoms. The minimum Gasteiger partial charge on any atom is -0.489 e. The standard InChI is InChI=1S/C12H13ClN4O2/c1-7-3-4-8(13)5-9(7)19-12-10(18-2)11(17-14)15-6-16-12/h3-6H,14H2,1-2H3,(H,15,16,17). The number of anilines is 1. The van der Waals surface area contributed by atoms with Gasteiger partial charge in [0.25, 0.3) is 5.88 Å². The first-order chi connectivity index (χ1) is 9.15. The molecule has 2 rings (SSSR count). The molecule has 1 heterocycles. The molecule has 0 saturated carbocycles. The Morgan fingerprint density at radius 2 is 2.11 bits per heavy atom. The summed E-state index contributed by atoms with van der Waals surface area (Å²) < 4.78 is 10.9. The molecule has 2 aromatic rings. The van der Waals surface area contributed by atoms with Gasteiger partial charge in [-0.15, -0.1) is 0 Å². The van der Waals surface area contributed by atoms with E-state index in [4.69, 9.17) is 26.9 Å². The van der Waals surface area contributed by atoms with Gasteiger partial charge >= 0.3 is 0 Å². The van der Waals surface area contributed by atoms with Crippen molar-refractivity contribution in [1.29, 1.82) is 0 Å². The Balaban J connectivity index is 2.40. The number of aryl methyl sites for hydroxylation is 1. The molecule has 6 nitrogen and oxygen atoms in total. The van der Waals surface area contributed by atoms with Gasteiger partial charge in [0, 0.05) is 5.02 Å². The molecule has 0 aliphatic rings. The molecule has 0 bridgehead atoms. The second kappa shape index (κ2) is 5.73. The number of methoxy groups -OCH3 is 1. The van der Waals surface area contributed by atoms with Gasteiger partial charge in [0.1, 0.15) is 12.1 Å². The van der Waals surface area contributed by atoms with Crippen LogP contribution in [0.4, 0.5) is 5.82 Å². The van der Waals surface area contributed by atoms with Crippen molar-refractivity contribution in [2.24, 2.45) is 5.84 Å². The summed E-state index contributed by atoms with van der Waals surface area (Å²) >= 11 is 5.94. The molecule has 19 heavy (non-hydrogen) atoms. The van der Waals surface area contributed by atoms with E-state index in [0.29, 0.717) is 22.3 Å². The molecular weight excluding hydrogens is 268 g/mol. The van der Waals surface area contributed by atoms with E-state index in [1.165, 1.54) is 13.4 Å². The number of hydrogen-bond acceptors (Lipinski definition) is 6. The minimum atomic E-state index is 0.260. The molecule has 1 aromatic carbocycles. The van der Waals surface area contributed by atoms with Crippen LogP contribution in [0.5, 0.6) is 17.4 Å². The number of ether oxygens (including phenoxy) is 2. The fraction of sp³-hybridized carbons (Fsp3) is 0.167. The van der Waals surface area contributed by atoms with Crippen LogP contribution in [0.3, 0.4) is 0 Å². The largest absolute Gasteiger partial charge is 0.489 e. The van der Waals surface area contributed by atoms with Gasteiger partial charge in [0.15, 0.2) is 5.82 Å². The van der Waals surface area contributed by atoms with E-state index in [1.54, 1.807) is 12.1 Å². The molecule has 0 amide bonds. The van der Waals surface area contributed by atoms with E-state index < -0.39 is 0 Å². The molecule has 0 atom stereocenters. The highest BCUT2D eigenvalue weighted by atomic mass is 35.5. The Labute approximate surface area is 115 Å². The van der Waals surface area contributed by atoms with Crippen LogP contribution in [0.1, 0.15) is 5.56 Å². The number of aromatic nitrogens is 2. The third-order valence-corrected chi connectivity index (χ3v) is 2.70. The Bertz CT molecular complexity index is 592. The lowest BCUT2D eigenvalue weighted by molar-refractivity contribution is 0.368. The first-order valence-corrected chi connectivity index (χ1v) is 5.83. The van der Waals surface area contributed by atoms with Crippen molar-refractivity contribution >= 4 is 17.4 Å². The lowest BCUT2D eigenvalue weighted by atomic mass is 10.2. The molecule has 0 spiro atoms. The van der Waals surface area contributed by atoms with Crippen molar-refractivity contribution in [3.05, 3.63) is 35.1 Å². The van der Waals surface area contributed by atoms with Crippen LogP contribution in [0, 0.1) is 6.92 Å². The Morgan fingerprint density at radius 1 is 1.32 bits per heavy atom. The second-order valence-electron chi connectivity index (χ2n) is 3.72. The van der Waals surface area contributed by atoms with Crippen LogP contribution < -0.4 is 20.7 Å². The van der Waals surface area contributed by atoms with Crippen molar-refractivity contribution in [2.45, 2.75) is 6.92 Å². The molecule has 0 aliphatic heterocycles. The van der Waals surface area contributed by atoms with Gasteiger partial charge in [-0.2, -0.15) is 4.98 Å². The SMILES string of the molecule is COc1c(NN)ncnc1Oc1cc(Cl)ccc1C. The first kappa shape index (κ1) is 13.4. The summed E-state index contributed by atoms with van der Waals surface area (Å²) in [6.07, 6.45) is 1.33. The number of nitrogens with one attached hydrogen (secondary N) is 1. The van der Waals surface area contributed by atoms with Crippen molar-refractivity contribution in [2.75, 3.05) is 12.5 Å². The molecule has 0 unspecified atom stereocenters. The highest BCUT2D eigenvalue weighted by molar-refractivity contribution is 6.30. The summed E-state index contributed by atoms with van der Waals surface area (Å²) in [6, 6.07) is 5.34. The highest BCUT2D eigenvalue weighted by Crippen LogP contribution is 2.35. The number of nitrogens with two attached hydrogens (primary N) is 1. The van der Waals surface area contributed by atoms with E-state index in [2.05, 4.69) is 15.4 Å². The van der Waals surface area contributed by atoms with Crippen LogP contribution >= 0.6 is 11.6 Å². The van der Waals surface area contributed by atoms with Gasteiger partial charge in [-0.05, 0) is 24.6 Å². The van der Waals surface area contributed by atoms with E-state index >= 15 is 0 Å². The number of rotatable bonds is 4. The van der Waals surface area contributed by atoms with E-state index in [0.717, 1.165) is 5.56 Å². The summed E-state index contributed by atoms with van der Waals surface area (Å²) in [4.78, 5) is 7.96. The summed E-state index contributed by atoms with van der Waals surface area (Å²) in [5, 5.41) is 0.575. The maximum Gasteiger partial charge on any atom is 0.268 e. The number of nitrogens with zero attached hydrogens (tertiary/aromatic N) is 2. The zero-order chi connectivity index (χ0) is 13.8. The summed E-state index contributed by atoms with van der Waals surface area (Å²) in [5.41, 5.74) is 3.34. The number of benzene rings is 1. The van der Waals surface area contributed by atoms with Gasteiger partial charge < -0.3 is 14.9 Å². The van der Waals surface area contributed by atoms with Gasteiger partial charge in [-0.25, -0.2) is 10.8 Å². The fourth-order valence-corrected chi connectivity index (χ4v) is 1.67. The lowest BCUT2D eigenvalue weighted by Gasteiger charge is -2.13. The van der Waals surface area contributed by atoms with E-state index in [9.17, 15) is 0 Å². The van der Waals surface area contributed by atoms with Crippen LogP contribution in [0.25, 0.3) is 0 Å². The van der Waals surface area contributed by atoms with Gasteiger partial charge in [-0.3, -0.25) is 0 Å². The van der Waals surface area contributed by atoms with Crippen molar-refractivity contribution < 1.29 is 9.47 Å². The maximum atomic E-state index is 5.94. The number of hydrogen-bond donors (Lipinski definition) is 2. The highest BCUT2D eigenvalue weighted by Gasteiger charge is 2.14. The van der Waals surface area contributed by atoms with Crippen molar-refractivity contribution in [3.63, 3.8) is 0 Å². The van der Waals surface area contributed by atoms with E-state index in [1.807, 2.05) is 13.0 Å². The van der Waals surface area contributed by atoms with E-state index in [-0.39, 0.29) is 5.88 Å². The maximum absolute atomic E-state index is 5.94. The Kier molecular flexibility index (Phi) is 4.03. The number of hydrazine groups is 1. The van der Waals surface area contributed by atoms with Gasteiger partial charge in [0.05, 0.1) is 7.11 Å². The average Bonchev–Trinajstić information content (AvgIpc) is 2.42. The van der Waals surface area contributed by atoms with Crippen molar-refractivity contribution in [1.82, 2.24) is 9.97 Å². The predicted molar refractivity (Wildman–Crippen MR) is 72.7 cm³/mol. The number of halogens is 1. The van der Waals surface area contributed by atoms with Crippen molar-refractivity contribution in [3.8, 4) is 17.4 Å². The summed E-state index contributed by atoms with van der Waals surface area (Å²) in [6.45, 7) is 1.90. The van der Waals surface area contributed by atoms with Crippen LogP contribution in [0.2, 0.25) is 5.02 Å². The smallest absolute Gasteiger partial charge is 0.268 e. The zero-order valence-corrected chi connectivity index (χ0v) is 11.2. The Morgan fingerprint density at radius 3 is 2.79 bits per heavy atom. The normalized spacial score (nSPS) is 10.1. The van der Waals surface area contributed by atoms with Gasteiger partial charge in [-0.1, -0.05) is 17.7 Å². The quantitative estimate of drug-likeness (QED) is 0.661. The predicted octanol–water partition coefficient (Wildman–Crippen LogP) is 2.52. The monoisotopic (exact) mass is 280 g/mol. The number of nitrogen functional groups attached to an aromatic ring is 1.